The van der Waals surface area contributed by atoms with Crippen LogP contribution in [-0.4, -0.2) is 57.4 Å². The van der Waals surface area contributed by atoms with E-state index in [2.05, 4.69) is 28.9 Å². The van der Waals surface area contributed by atoms with Crippen molar-refractivity contribution in [2.24, 2.45) is 0 Å². The smallest absolute Gasteiger partial charge is 0.261 e. The molecule has 3 heterocycles. The van der Waals surface area contributed by atoms with E-state index in [0.29, 0.717) is 12.2 Å². The zero-order valence-corrected chi connectivity index (χ0v) is 15.8. The van der Waals surface area contributed by atoms with Gasteiger partial charge in [-0.1, -0.05) is 0 Å². The monoisotopic (exact) mass is 364 g/mol. The van der Waals surface area contributed by atoms with Crippen molar-refractivity contribution in [3.63, 3.8) is 0 Å². The summed E-state index contributed by atoms with van der Waals surface area (Å²) in [4.78, 5) is 9.02. The first kappa shape index (κ1) is 18.0. The van der Waals surface area contributed by atoms with Crippen LogP contribution in [-0.2, 0) is 10.2 Å². The molecule has 0 aliphatic carbocycles. The Kier molecular flexibility index (Phi) is 4.90. The van der Waals surface area contributed by atoms with Gasteiger partial charge in [-0.3, -0.25) is 14.6 Å². The van der Waals surface area contributed by atoms with Gasteiger partial charge < -0.3 is 0 Å². The molecule has 1 saturated heterocycles. The SMILES string of the molecule is CC(C)n1nccc1-c1cnc([C@H]2CCCN2S(=O)(=O)N(C)C)cn1. The minimum absolute atomic E-state index is 0.224. The molecule has 1 aliphatic rings. The summed E-state index contributed by atoms with van der Waals surface area (Å²) in [6.45, 7) is 4.62. The second-order valence-electron chi connectivity index (χ2n) is 6.64. The molecule has 0 amide bonds. The lowest BCUT2D eigenvalue weighted by atomic mass is 10.1. The largest absolute Gasteiger partial charge is 0.282 e. The first-order valence-corrected chi connectivity index (χ1v) is 9.77. The molecule has 136 valence electrons. The van der Waals surface area contributed by atoms with Crippen molar-refractivity contribution >= 4 is 10.2 Å². The van der Waals surface area contributed by atoms with Gasteiger partial charge in [-0.15, -0.1) is 0 Å². The molecule has 0 aromatic carbocycles. The van der Waals surface area contributed by atoms with Crippen LogP contribution in [0.4, 0.5) is 0 Å². The summed E-state index contributed by atoms with van der Waals surface area (Å²) >= 11 is 0. The minimum Gasteiger partial charge on any atom is -0.261 e. The molecule has 0 unspecified atom stereocenters. The van der Waals surface area contributed by atoms with Crippen molar-refractivity contribution in [1.82, 2.24) is 28.4 Å². The van der Waals surface area contributed by atoms with Crippen LogP contribution in [0.25, 0.3) is 11.4 Å². The van der Waals surface area contributed by atoms with Gasteiger partial charge in [-0.25, -0.2) is 0 Å². The molecule has 2 aromatic rings. The normalized spacial score (nSPS) is 19.2. The molecule has 1 aliphatic heterocycles. The maximum atomic E-state index is 12.5. The second-order valence-corrected chi connectivity index (χ2v) is 8.74. The average Bonchev–Trinajstić information content (AvgIpc) is 3.24. The highest BCUT2D eigenvalue weighted by molar-refractivity contribution is 7.86. The Morgan fingerprint density at radius 3 is 2.60 bits per heavy atom. The topological polar surface area (TPSA) is 84.2 Å². The summed E-state index contributed by atoms with van der Waals surface area (Å²) in [6.07, 6.45) is 6.70. The van der Waals surface area contributed by atoms with Crippen LogP contribution in [0.1, 0.15) is 44.5 Å². The fourth-order valence-electron chi connectivity index (χ4n) is 3.09. The van der Waals surface area contributed by atoms with Crippen molar-refractivity contribution < 1.29 is 8.42 Å². The standard InChI is InChI=1S/C16H24N6O2S/c1-12(2)22-16(7-8-19-22)14-11-17-13(10-18-14)15-6-5-9-21(15)25(23,24)20(3)4/h7-8,10-12,15H,5-6,9H2,1-4H3/t15-/m1/s1. The molecule has 0 radical (unpaired) electrons. The molecule has 0 saturated carbocycles. The van der Waals surface area contributed by atoms with E-state index in [1.54, 1.807) is 32.7 Å². The molecule has 3 rings (SSSR count). The van der Waals surface area contributed by atoms with Gasteiger partial charge in [0.15, 0.2) is 0 Å². The van der Waals surface area contributed by atoms with Crippen molar-refractivity contribution in [2.75, 3.05) is 20.6 Å². The third-order valence-electron chi connectivity index (χ3n) is 4.40. The summed E-state index contributed by atoms with van der Waals surface area (Å²) in [7, 11) is -0.364. The predicted molar refractivity (Wildman–Crippen MR) is 94.9 cm³/mol. The zero-order chi connectivity index (χ0) is 18.2. The highest BCUT2D eigenvalue weighted by Crippen LogP contribution is 2.34. The van der Waals surface area contributed by atoms with Gasteiger partial charge in [0.25, 0.3) is 10.2 Å². The van der Waals surface area contributed by atoms with E-state index in [4.69, 9.17) is 0 Å². The van der Waals surface area contributed by atoms with E-state index in [9.17, 15) is 8.42 Å². The molecule has 0 N–H and O–H groups in total. The minimum atomic E-state index is -3.46. The molecular formula is C16H24N6O2S. The van der Waals surface area contributed by atoms with Crippen molar-refractivity contribution in [3.8, 4) is 11.4 Å². The van der Waals surface area contributed by atoms with Crippen LogP contribution in [0.2, 0.25) is 0 Å². The molecule has 0 spiro atoms. The fourth-order valence-corrected chi connectivity index (χ4v) is 4.41. The maximum absolute atomic E-state index is 12.5. The average molecular weight is 364 g/mol. The highest BCUT2D eigenvalue weighted by Gasteiger charge is 2.37. The lowest BCUT2D eigenvalue weighted by molar-refractivity contribution is 0.357. The summed E-state index contributed by atoms with van der Waals surface area (Å²) in [5.74, 6) is 0. The summed E-state index contributed by atoms with van der Waals surface area (Å²) < 4.78 is 29.6. The summed E-state index contributed by atoms with van der Waals surface area (Å²) in [5.41, 5.74) is 2.32. The molecule has 2 aromatic heterocycles. The van der Waals surface area contributed by atoms with Crippen LogP contribution >= 0.6 is 0 Å². The van der Waals surface area contributed by atoms with Gasteiger partial charge in [0.2, 0.25) is 0 Å². The van der Waals surface area contributed by atoms with E-state index in [0.717, 1.165) is 24.2 Å². The molecule has 25 heavy (non-hydrogen) atoms. The molecule has 0 bridgehead atoms. The Hall–Kier alpha value is -1.84. The Labute approximate surface area is 148 Å². The van der Waals surface area contributed by atoms with Gasteiger partial charge in [0.05, 0.1) is 29.8 Å². The summed E-state index contributed by atoms with van der Waals surface area (Å²) in [5, 5.41) is 4.31. The Bertz CT molecular complexity index is 829. The van der Waals surface area contributed by atoms with E-state index in [1.807, 2.05) is 10.7 Å². The number of hydrogen-bond donors (Lipinski definition) is 0. The predicted octanol–water partition coefficient (Wildman–Crippen LogP) is 1.86. The van der Waals surface area contributed by atoms with Crippen LogP contribution in [0.5, 0.6) is 0 Å². The highest BCUT2D eigenvalue weighted by atomic mass is 32.2. The molecule has 1 fully saturated rings. The molecule has 8 nitrogen and oxygen atoms in total. The van der Waals surface area contributed by atoms with Crippen molar-refractivity contribution in [3.05, 3.63) is 30.4 Å². The lowest BCUT2D eigenvalue weighted by Crippen LogP contribution is -2.39. The maximum Gasteiger partial charge on any atom is 0.282 e. The second kappa shape index (κ2) is 6.81. The number of hydrogen-bond acceptors (Lipinski definition) is 5. The Balaban J connectivity index is 1.89. The van der Waals surface area contributed by atoms with Gasteiger partial charge in [-0.2, -0.15) is 22.1 Å². The Morgan fingerprint density at radius 1 is 1.24 bits per heavy atom. The third kappa shape index (κ3) is 3.31. The van der Waals surface area contributed by atoms with E-state index < -0.39 is 10.2 Å². The van der Waals surface area contributed by atoms with Gasteiger partial charge in [0, 0.05) is 32.9 Å². The molecule has 9 heteroatoms. The van der Waals surface area contributed by atoms with Crippen molar-refractivity contribution in [1.29, 1.82) is 0 Å². The number of nitrogens with zero attached hydrogens (tertiary/aromatic N) is 6. The van der Waals surface area contributed by atoms with Crippen molar-refractivity contribution in [2.45, 2.75) is 38.8 Å². The van der Waals surface area contributed by atoms with Gasteiger partial charge in [0.1, 0.15) is 5.69 Å². The fraction of sp³-hybridized carbons (Fsp3) is 0.562. The quantitative estimate of drug-likeness (QED) is 0.808. The zero-order valence-electron chi connectivity index (χ0n) is 15.0. The van der Waals surface area contributed by atoms with E-state index >= 15 is 0 Å². The van der Waals surface area contributed by atoms with Crippen LogP contribution in [0.3, 0.4) is 0 Å². The molecule has 1 atom stereocenters. The van der Waals surface area contributed by atoms with E-state index in [1.165, 1.54) is 8.61 Å². The first-order chi connectivity index (χ1) is 11.8. The van der Waals surface area contributed by atoms with Crippen LogP contribution in [0, 0.1) is 0 Å². The Morgan fingerprint density at radius 2 is 2.00 bits per heavy atom. The number of aromatic nitrogens is 4. The first-order valence-electron chi connectivity index (χ1n) is 8.37. The lowest BCUT2D eigenvalue weighted by Gasteiger charge is -2.26. The van der Waals surface area contributed by atoms with E-state index in [-0.39, 0.29) is 12.1 Å². The number of rotatable bonds is 5. The summed E-state index contributed by atoms with van der Waals surface area (Å²) in [6, 6.07) is 1.87. The van der Waals surface area contributed by atoms with Gasteiger partial charge >= 0.3 is 0 Å². The molecular weight excluding hydrogens is 340 g/mol. The van der Waals surface area contributed by atoms with Crippen LogP contribution < -0.4 is 0 Å². The third-order valence-corrected chi connectivity index (χ3v) is 6.35. The van der Waals surface area contributed by atoms with Gasteiger partial charge in [-0.05, 0) is 32.8 Å². The van der Waals surface area contributed by atoms with Crippen LogP contribution in [0.15, 0.2) is 24.7 Å².